The molecule has 1 N–H and O–H groups in total. The van der Waals surface area contributed by atoms with E-state index in [1.165, 1.54) is 18.6 Å². The molecule has 0 bridgehead atoms. The van der Waals surface area contributed by atoms with Crippen molar-refractivity contribution in [1.82, 2.24) is 4.72 Å². The Morgan fingerprint density at radius 2 is 1.70 bits per heavy atom. The lowest BCUT2D eigenvalue weighted by Crippen LogP contribution is -2.40. The van der Waals surface area contributed by atoms with Gasteiger partial charge in [0.25, 0.3) is 0 Å². The van der Waals surface area contributed by atoms with Crippen molar-refractivity contribution >= 4 is 16.2 Å². The summed E-state index contributed by atoms with van der Waals surface area (Å²) in [6, 6.07) is 6.47. The first-order chi connectivity index (χ1) is 10.7. The topological polar surface area (TPSA) is 72.2 Å². The molecule has 1 aliphatic rings. The minimum Gasteiger partial charge on any atom is -0.624 e. The van der Waals surface area contributed by atoms with E-state index in [0.717, 1.165) is 36.0 Å². The number of nitrogens with zero attached hydrogens (tertiary/aromatic N) is 1. The molecule has 1 fully saturated rings. The molecule has 0 atom stereocenters. The van der Waals surface area contributed by atoms with E-state index in [2.05, 4.69) is 4.72 Å². The van der Waals surface area contributed by atoms with Crippen molar-refractivity contribution in [3.8, 4) is 0 Å². The maximum absolute atomic E-state index is 12.2. The molecule has 0 radical (unpaired) electrons. The van der Waals surface area contributed by atoms with Gasteiger partial charge in [-0.05, 0) is 57.9 Å². The summed E-state index contributed by atoms with van der Waals surface area (Å²) in [6.45, 7) is 5.39. The average molecular weight is 338 g/mol. The van der Waals surface area contributed by atoms with Crippen molar-refractivity contribution in [3.05, 3.63) is 35.0 Å². The van der Waals surface area contributed by atoms with Crippen LogP contribution in [0.2, 0.25) is 0 Å². The van der Waals surface area contributed by atoms with E-state index in [-0.39, 0.29) is 10.9 Å². The van der Waals surface area contributed by atoms with E-state index < -0.39 is 15.6 Å². The molecular formula is C17H26N2O3S. The number of rotatable bonds is 4. The Balaban J connectivity index is 2.13. The van der Waals surface area contributed by atoms with E-state index in [0.29, 0.717) is 0 Å². The highest BCUT2D eigenvalue weighted by Crippen LogP contribution is 2.20. The minimum absolute atomic E-state index is 0.0507. The van der Waals surface area contributed by atoms with Crippen molar-refractivity contribution in [1.29, 1.82) is 0 Å². The summed E-state index contributed by atoms with van der Waals surface area (Å²) in [6.07, 6.45) is 6.84. The summed E-state index contributed by atoms with van der Waals surface area (Å²) in [5, 5.41) is 12.2. The van der Waals surface area contributed by atoms with Crippen LogP contribution in [0.5, 0.6) is 0 Å². The first-order valence-electron chi connectivity index (χ1n) is 8.12. The lowest BCUT2D eigenvalue weighted by atomic mass is 9.96. The Bertz CT molecular complexity index is 652. The Morgan fingerprint density at radius 3 is 2.22 bits per heavy atom. The Kier molecular flexibility index (Phi) is 5.47. The zero-order chi connectivity index (χ0) is 17.1. The predicted octanol–water partition coefficient (Wildman–Crippen LogP) is 3.03. The van der Waals surface area contributed by atoms with Crippen LogP contribution in [-0.2, 0) is 10.0 Å². The smallest absolute Gasteiger partial charge is 0.241 e. The standard InChI is InChI=1S/C17H26N2O3S/c1-17(2,3)18-23(21,22)16-11-9-14(10-12-16)13-19(20)15-7-5-4-6-8-15/h9-13,15,18H,4-8H2,1-3H3. The van der Waals surface area contributed by atoms with E-state index in [4.69, 9.17) is 0 Å². The summed E-state index contributed by atoms with van der Waals surface area (Å²) in [4.78, 5) is 0.208. The van der Waals surface area contributed by atoms with Crippen LogP contribution in [0, 0.1) is 5.21 Å². The lowest BCUT2D eigenvalue weighted by molar-refractivity contribution is -0.500. The second-order valence-corrected chi connectivity index (χ2v) is 8.89. The highest BCUT2D eigenvalue weighted by molar-refractivity contribution is 7.89. The van der Waals surface area contributed by atoms with Crippen LogP contribution in [0.1, 0.15) is 58.4 Å². The molecule has 23 heavy (non-hydrogen) atoms. The highest BCUT2D eigenvalue weighted by Gasteiger charge is 2.22. The van der Waals surface area contributed by atoms with Gasteiger partial charge in [-0.15, -0.1) is 0 Å². The van der Waals surface area contributed by atoms with E-state index >= 15 is 0 Å². The van der Waals surface area contributed by atoms with Crippen molar-refractivity contribution in [2.24, 2.45) is 0 Å². The fourth-order valence-electron chi connectivity index (χ4n) is 2.78. The van der Waals surface area contributed by atoms with Crippen LogP contribution in [0.25, 0.3) is 0 Å². The van der Waals surface area contributed by atoms with Crippen LogP contribution in [0.15, 0.2) is 29.2 Å². The molecule has 6 heteroatoms. The summed E-state index contributed by atoms with van der Waals surface area (Å²) < 4.78 is 28.1. The molecule has 128 valence electrons. The average Bonchev–Trinajstić information content (AvgIpc) is 2.46. The lowest BCUT2D eigenvalue weighted by Gasteiger charge is -2.21. The van der Waals surface area contributed by atoms with Gasteiger partial charge in [0.15, 0.2) is 12.3 Å². The highest BCUT2D eigenvalue weighted by atomic mass is 32.2. The van der Waals surface area contributed by atoms with Gasteiger partial charge < -0.3 is 5.21 Å². The monoisotopic (exact) mass is 338 g/mol. The molecule has 1 aromatic carbocycles. The molecule has 5 nitrogen and oxygen atoms in total. The predicted molar refractivity (Wildman–Crippen MR) is 92.2 cm³/mol. The van der Waals surface area contributed by atoms with Gasteiger partial charge in [0.1, 0.15) is 0 Å². The van der Waals surface area contributed by atoms with Gasteiger partial charge >= 0.3 is 0 Å². The van der Waals surface area contributed by atoms with E-state index in [9.17, 15) is 13.6 Å². The van der Waals surface area contributed by atoms with Crippen molar-refractivity contribution < 1.29 is 13.2 Å². The van der Waals surface area contributed by atoms with Gasteiger partial charge in [0.05, 0.1) is 4.90 Å². The zero-order valence-corrected chi connectivity index (χ0v) is 14.9. The molecule has 0 amide bonds. The first-order valence-corrected chi connectivity index (χ1v) is 9.60. The summed E-state index contributed by atoms with van der Waals surface area (Å²) in [7, 11) is -3.54. The van der Waals surface area contributed by atoms with Gasteiger partial charge in [-0.25, -0.2) is 17.9 Å². The van der Waals surface area contributed by atoms with Gasteiger partial charge in [0.2, 0.25) is 10.0 Å². The number of nitrogens with one attached hydrogen (secondary N) is 1. The fourth-order valence-corrected chi connectivity index (χ4v) is 4.20. The first kappa shape index (κ1) is 17.9. The molecule has 0 spiro atoms. The Hall–Kier alpha value is -1.40. The molecule has 0 aromatic heterocycles. The van der Waals surface area contributed by atoms with Crippen LogP contribution < -0.4 is 4.72 Å². The molecule has 1 aromatic rings. The second kappa shape index (κ2) is 7.01. The van der Waals surface area contributed by atoms with Crippen LogP contribution in [0.3, 0.4) is 0 Å². The maximum atomic E-state index is 12.2. The summed E-state index contributed by atoms with van der Waals surface area (Å²) >= 11 is 0. The molecule has 2 rings (SSSR count). The summed E-state index contributed by atoms with van der Waals surface area (Å²) in [5.41, 5.74) is 0.191. The number of hydrogen-bond acceptors (Lipinski definition) is 3. The third kappa shape index (κ3) is 5.32. The molecule has 0 heterocycles. The molecule has 0 aliphatic heterocycles. The fraction of sp³-hybridized carbons (Fsp3) is 0.588. The Morgan fingerprint density at radius 1 is 1.13 bits per heavy atom. The largest absolute Gasteiger partial charge is 0.624 e. The normalized spacial score (nSPS) is 18.1. The van der Waals surface area contributed by atoms with Gasteiger partial charge in [-0.3, -0.25) is 0 Å². The van der Waals surface area contributed by atoms with E-state index in [1.807, 2.05) is 0 Å². The molecular weight excluding hydrogens is 312 g/mol. The van der Waals surface area contributed by atoms with Gasteiger partial charge in [-0.1, -0.05) is 6.42 Å². The van der Waals surface area contributed by atoms with Crippen LogP contribution >= 0.6 is 0 Å². The maximum Gasteiger partial charge on any atom is 0.241 e. The quantitative estimate of drug-likeness (QED) is 0.397. The van der Waals surface area contributed by atoms with Crippen LogP contribution in [-0.4, -0.2) is 31.0 Å². The molecule has 1 saturated carbocycles. The molecule has 0 unspecified atom stereocenters. The van der Waals surface area contributed by atoms with Gasteiger partial charge in [0, 0.05) is 23.9 Å². The van der Waals surface area contributed by atoms with Gasteiger partial charge in [-0.2, -0.15) is 0 Å². The molecule has 1 aliphatic carbocycles. The number of sulfonamides is 1. The number of hydroxylamine groups is 1. The molecule has 0 saturated heterocycles. The van der Waals surface area contributed by atoms with Crippen molar-refractivity contribution in [2.45, 2.75) is 69.4 Å². The minimum atomic E-state index is -3.54. The second-order valence-electron chi connectivity index (χ2n) is 7.21. The summed E-state index contributed by atoms with van der Waals surface area (Å²) in [5.74, 6) is 0. The zero-order valence-electron chi connectivity index (χ0n) is 14.1. The number of benzene rings is 1. The van der Waals surface area contributed by atoms with E-state index in [1.54, 1.807) is 39.1 Å². The van der Waals surface area contributed by atoms with Crippen LogP contribution in [0.4, 0.5) is 0 Å². The van der Waals surface area contributed by atoms with Crippen molar-refractivity contribution in [2.75, 3.05) is 0 Å². The SMILES string of the molecule is CC(C)(C)NS(=O)(=O)c1ccc(C=[N+]([O-])C2CCCCC2)cc1. The number of hydrogen-bond donors (Lipinski definition) is 1. The van der Waals surface area contributed by atoms with Crippen molar-refractivity contribution in [3.63, 3.8) is 0 Å². The Labute approximate surface area is 139 Å². The third-order valence-electron chi connectivity index (χ3n) is 3.84. The third-order valence-corrected chi connectivity index (χ3v) is 5.62.